The molecule has 2 fully saturated rings. The Hall–Kier alpha value is -3.74. The van der Waals surface area contributed by atoms with Crippen LogP contribution in [0.25, 0.3) is 21.5 Å². The van der Waals surface area contributed by atoms with Gasteiger partial charge in [-0.25, -0.2) is 0 Å². The molecule has 2 aliphatic rings. The zero-order valence-electron chi connectivity index (χ0n) is 20.5. The number of benzene rings is 5. The zero-order chi connectivity index (χ0) is 25.6. The molecule has 0 aromatic heterocycles. The lowest BCUT2D eigenvalue weighted by molar-refractivity contribution is -0.116. The van der Waals surface area contributed by atoms with E-state index in [0.29, 0.717) is 11.5 Å². The van der Waals surface area contributed by atoms with Crippen molar-refractivity contribution in [3.63, 3.8) is 0 Å². The maximum Gasteiger partial charge on any atom is 0.238 e. The molecule has 0 bridgehead atoms. The number of nitrogens with zero attached hydrogens (tertiary/aromatic N) is 2. The molecule has 0 saturated carbocycles. The van der Waals surface area contributed by atoms with Gasteiger partial charge in [0.05, 0.1) is 11.5 Å². The average Bonchev–Trinajstić information content (AvgIpc) is 3.54. The number of hydrogen-bond acceptors (Lipinski definition) is 4. The Bertz CT molecular complexity index is 1560. The predicted molar refractivity (Wildman–Crippen MR) is 160 cm³/mol. The summed E-state index contributed by atoms with van der Waals surface area (Å²) in [6.45, 7) is 0. The van der Waals surface area contributed by atoms with Gasteiger partial charge in [-0.3, -0.25) is 19.4 Å². The molecule has 2 aliphatic heterocycles. The average molecular weight is 533 g/mol. The normalized spacial score (nSPS) is 19.7. The molecule has 38 heavy (non-hydrogen) atoms. The number of hydrogen-bond donors (Lipinski definition) is 0. The molecule has 5 aromatic rings. The Labute approximate surface area is 229 Å². The summed E-state index contributed by atoms with van der Waals surface area (Å²) in [6, 6.07) is 37.1. The minimum Gasteiger partial charge on any atom is -0.295 e. The topological polar surface area (TPSA) is 40.6 Å². The van der Waals surface area contributed by atoms with Crippen LogP contribution in [0.1, 0.15) is 21.9 Å². The van der Waals surface area contributed by atoms with Crippen molar-refractivity contribution in [1.82, 2.24) is 0 Å². The number of fused-ring (bicyclic) bond motifs is 2. The highest BCUT2D eigenvalue weighted by Crippen LogP contribution is 2.46. The third-order valence-electron chi connectivity index (χ3n) is 7.32. The fourth-order valence-corrected chi connectivity index (χ4v) is 8.00. The molecule has 5 aromatic carbocycles. The van der Waals surface area contributed by atoms with Gasteiger partial charge in [-0.15, -0.1) is 23.5 Å². The molecule has 0 aliphatic carbocycles. The fraction of sp³-hybridized carbons (Fsp3) is 0.125. The van der Waals surface area contributed by atoms with E-state index in [2.05, 4.69) is 60.7 Å². The molecule has 2 heterocycles. The van der Waals surface area contributed by atoms with Crippen molar-refractivity contribution in [1.29, 1.82) is 0 Å². The molecule has 6 heteroatoms. The summed E-state index contributed by atoms with van der Waals surface area (Å²) >= 11 is 3.32. The van der Waals surface area contributed by atoms with Crippen molar-refractivity contribution in [2.24, 2.45) is 0 Å². The predicted octanol–water partition coefficient (Wildman–Crippen LogP) is 7.55. The lowest BCUT2D eigenvalue weighted by Gasteiger charge is -2.28. The van der Waals surface area contributed by atoms with Gasteiger partial charge in [0, 0.05) is 11.4 Å². The molecular weight excluding hydrogens is 508 g/mol. The van der Waals surface area contributed by atoms with Crippen LogP contribution in [0.4, 0.5) is 11.4 Å². The van der Waals surface area contributed by atoms with Crippen LogP contribution in [0.3, 0.4) is 0 Å². The number of thioether (sulfide) groups is 2. The molecule has 2 unspecified atom stereocenters. The summed E-state index contributed by atoms with van der Waals surface area (Å²) in [6.07, 6.45) is 0. The van der Waals surface area contributed by atoms with Crippen LogP contribution in [-0.2, 0) is 9.59 Å². The highest BCUT2D eigenvalue weighted by atomic mass is 32.2. The quantitative estimate of drug-likeness (QED) is 0.240. The molecule has 0 radical (unpaired) electrons. The van der Waals surface area contributed by atoms with Gasteiger partial charge in [-0.05, 0) is 56.9 Å². The van der Waals surface area contributed by atoms with Crippen LogP contribution in [-0.4, -0.2) is 23.3 Å². The van der Waals surface area contributed by atoms with E-state index in [1.165, 1.54) is 21.5 Å². The van der Waals surface area contributed by atoms with E-state index in [4.69, 9.17) is 0 Å². The zero-order valence-corrected chi connectivity index (χ0v) is 22.1. The Balaban J connectivity index is 1.23. The third kappa shape index (κ3) is 3.87. The Kier molecular flexibility index (Phi) is 5.87. The fourth-order valence-electron chi connectivity index (χ4n) is 5.57. The van der Waals surface area contributed by atoms with E-state index in [9.17, 15) is 9.59 Å². The first-order chi connectivity index (χ1) is 18.7. The summed E-state index contributed by atoms with van der Waals surface area (Å²) < 4.78 is 0. The molecule has 0 spiro atoms. The second-order valence-corrected chi connectivity index (χ2v) is 11.6. The van der Waals surface area contributed by atoms with Gasteiger partial charge in [-0.1, -0.05) is 84.9 Å². The lowest BCUT2D eigenvalue weighted by atomic mass is 10.0. The van der Waals surface area contributed by atoms with Gasteiger partial charge in [0.15, 0.2) is 0 Å². The summed E-state index contributed by atoms with van der Waals surface area (Å²) in [5, 5.41) is 4.50. The highest BCUT2D eigenvalue weighted by Gasteiger charge is 2.37. The van der Waals surface area contributed by atoms with Gasteiger partial charge < -0.3 is 0 Å². The molecule has 2 saturated heterocycles. The molecule has 2 amide bonds. The van der Waals surface area contributed by atoms with Crippen LogP contribution >= 0.6 is 23.5 Å². The molecular formula is C32H24N2O2S2. The van der Waals surface area contributed by atoms with Crippen molar-refractivity contribution in [2.45, 2.75) is 10.7 Å². The number of rotatable bonds is 4. The first-order valence-corrected chi connectivity index (χ1v) is 14.7. The maximum absolute atomic E-state index is 13.1. The molecule has 186 valence electrons. The summed E-state index contributed by atoms with van der Waals surface area (Å²) in [5.74, 6) is 1.09. The second-order valence-electron chi connectivity index (χ2n) is 9.51. The minimum atomic E-state index is -0.0909. The van der Waals surface area contributed by atoms with Crippen molar-refractivity contribution in [3.8, 4) is 0 Å². The number of amides is 2. The highest BCUT2D eigenvalue weighted by molar-refractivity contribution is 8.01. The minimum absolute atomic E-state index is 0.0909. The molecule has 7 rings (SSSR count). The van der Waals surface area contributed by atoms with Gasteiger partial charge in [-0.2, -0.15) is 0 Å². The molecule has 2 atom stereocenters. The van der Waals surface area contributed by atoms with Gasteiger partial charge in [0.1, 0.15) is 10.7 Å². The summed E-state index contributed by atoms with van der Waals surface area (Å²) in [7, 11) is 0. The third-order valence-corrected chi connectivity index (χ3v) is 9.71. The van der Waals surface area contributed by atoms with Crippen molar-refractivity contribution in [3.05, 3.63) is 120 Å². The van der Waals surface area contributed by atoms with Crippen LogP contribution in [0.5, 0.6) is 0 Å². The maximum atomic E-state index is 13.1. The van der Waals surface area contributed by atoms with E-state index in [1.807, 2.05) is 58.3 Å². The number of anilines is 2. The Morgan fingerprint density at radius 3 is 1.34 bits per heavy atom. The monoisotopic (exact) mass is 532 g/mol. The summed E-state index contributed by atoms with van der Waals surface area (Å²) in [4.78, 5) is 30.0. The first-order valence-electron chi connectivity index (χ1n) is 12.6. The van der Waals surface area contributed by atoms with Crippen molar-refractivity contribution >= 4 is 68.3 Å². The molecule has 4 nitrogen and oxygen atoms in total. The standard InChI is InChI=1S/C32H24N2O2S2/c35-29-19-37-31(27-13-5-9-21-7-1-3-11-25(21)27)33(29)23-15-17-24(18-16-23)34-30(36)20-38-32(34)28-14-6-10-22-8-2-4-12-26(22)28/h1-18,31-32H,19-20H2. The lowest BCUT2D eigenvalue weighted by Crippen LogP contribution is -2.29. The SMILES string of the molecule is O=C1CSC(c2cccc3ccccc23)N1c1ccc(N2C(=O)CSC2c2cccc3ccccc23)cc1. The number of carbonyl (C=O) groups is 2. The van der Waals surface area contributed by atoms with Gasteiger partial charge in [0.2, 0.25) is 11.8 Å². The smallest absolute Gasteiger partial charge is 0.238 e. The number of carbonyl (C=O) groups excluding carboxylic acids is 2. The molecule has 0 N–H and O–H groups in total. The van der Waals surface area contributed by atoms with Crippen LogP contribution < -0.4 is 9.80 Å². The van der Waals surface area contributed by atoms with Gasteiger partial charge >= 0.3 is 0 Å². The van der Waals surface area contributed by atoms with Crippen LogP contribution in [0, 0.1) is 0 Å². The summed E-state index contributed by atoms with van der Waals surface area (Å²) in [5.41, 5.74) is 3.99. The van der Waals surface area contributed by atoms with Crippen molar-refractivity contribution in [2.75, 3.05) is 21.3 Å². The van der Waals surface area contributed by atoms with E-state index >= 15 is 0 Å². The van der Waals surface area contributed by atoms with E-state index in [-0.39, 0.29) is 22.6 Å². The Morgan fingerprint density at radius 1 is 0.500 bits per heavy atom. The van der Waals surface area contributed by atoms with Crippen LogP contribution in [0.2, 0.25) is 0 Å². The van der Waals surface area contributed by atoms with Crippen molar-refractivity contribution < 1.29 is 9.59 Å². The van der Waals surface area contributed by atoms with Gasteiger partial charge in [0.25, 0.3) is 0 Å². The van der Waals surface area contributed by atoms with E-state index < -0.39 is 0 Å². The second kappa shape index (κ2) is 9.53. The first kappa shape index (κ1) is 23.4. The Morgan fingerprint density at radius 2 is 0.895 bits per heavy atom. The van der Waals surface area contributed by atoms with E-state index in [0.717, 1.165) is 22.5 Å². The van der Waals surface area contributed by atoms with Crippen LogP contribution in [0.15, 0.2) is 109 Å². The van der Waals surface area contributed by atoms with E-state index in [1.54, 1.807) is 23.5 Å². The largest absolute Gasteiger partial charge is 0.295 e.